The van der Waals surface area contributed by atoms with Gasteiger partial charge in [-0.3, -0.25) is 0 Å². The molecule has 0 aliphatic heterocycles. The Labute approximate surface area is 120 Å². The summed E-state index contributed by atoms with van der Waals surface area (Å²) in [5.74, 6) is 0.911. The van der Waals surface area contributed by atoms with Crippen molar-refractivity contribution < 1.29 is 4.74 Å². The van der Waals surface area contributed by atoms with Crippen LogP contribution in [0.4, 0.5) is 0 Å². The second-order valence-corrected chi connectivity index (χ2v) is 5.50. The number of hydrogen-bond acceptors (Lipinski definition) is 2. The molecule has 2 nitrogen and oxygen atoms in total. The predicted octanol–water partition coefficient (Wildman–Crippen LogP) is 4.22. The highest BCUT2D eigenvalue weighted by Crippen LogP contribution is 2.25. The van der Waals surface area contributed by atoms with Crippen LogP contribution in [0.2, 0.25) is 0 Å². The largest absolute Gasteiger partial charge is 0.497 e. The summed E-state index contributed by atoms with van der Waals surface area (Å²) in [5, 5.41) is 6.19. The van der Waals surface area contributed by atoms with Gasteiger partial charge < -0.3 is 10.1 Å². The molecule has 3 rings (SSSR count). The minimum absolute atomic E-state index is 0.381. The average molecular weight is 267 g/mol. The lowest BCUT2D eigenvalue weighted by Crippen LogP contribution is -2.29. The molecule has 20 heavy (non-hydrogen) atoms. The van der Waals surface area contributed by atoms with Gasteiger partial charge in [0.25, 0.3) is 0 Å². The van der Waals surface area contributed by atoms with E-state index in [2.05, 4.69) is 54.7 Å². The SMILES string of the molecule is COc1ccc2cc(C(C)NC3CC=CC3)ccc2c1. The van der Waals surface area contributed by atoms with Crippen molar-refractivity contribution in [2.45, 2.75) is 31.8 Å². The van der Waals surface area contributed by atoms with Gasteiger partial charge in [-0.1, -0.05) is 30.4 Å². The molecule has 0 amide bonds. The summed E-state index contributed by atoms with van der Waals surface area (Å²) >= 11 is 0. The Morgan fingerprint density at radius 1 is 1.05 bits per heavy atom. The van der Waals surface area contributed by atoms with Crippen LogP contribution in [0.3, 0.4) is 0 Å². The van der Waals surface area contributed by atoms with Gasteiger partial charge in [-0.2, -0.15) is 0 Å². The minimum atomic E-state index is 0.381. The number of rotatable bonds is 4. The standard InChI is InChI=1S/C18H21NO/c1-13(19-17-5-3-4-6-17)14-7-8-16-12-18(20-2)10-9-15(16)11-14/h3-4,7-13,17,19H,5-6H2,1-2H3. The summed E-state index contributed by atoms with van der Waals surface area (Å²) in [6.45, 7) is 2.24. The van der Waals surface area contributed by atoms with E-state index < -0.39 is 0 Å². The van der Waals surface area contributed by atoms with E-state index in [0.29, 0.717) is 12.1 Å². The molecule has 1 aliphatic carbocycles. The molecule has 1 unspecified atom stereocenters. The Morgan fingerprint density at radius 3 is 2.50 bits per heavy atom. The van der Waals surface area contributed by atoms with E-state index in [0.717, 1.165) is 18.6 Å². The van der Waals surface area contributed by atoms with Crippen molar-refractivity contribution in [1.29, 1.82) is 0 Å². The summed E-state index contributed by atoms with van der Waals surface area (Å²) in [7, 11) is 1.71. The molecule has 0 radical (unpaired) electrons. The van der Waals surface area contributed by atoms with Gasteiger partial charge in [0.15, 0.2) is 0 Å². The zero-order valence-electron chi connectivity index (χ0n) is 12.1. The van der Waals surface area contributed by atoms with E-state index in [1.165, 1.54) is 16.3 Å². The normalized spacial score (nSPS) is 16.7. The van der Waals surface area contributed by atoms with Crippen molar-refractivity contribution in [3.63, 3.8) is 0 Å². The topological polar surface area (TPSA) is 21.3 Å². The Morgan fingerprint density at radius 2 is 1.75 bits per heavy atom. The van der Waals surface area contributed by atoms with Gasteiger partial charge >= 0.3 is 0 Å². The average Bonchev–Trinajstić information content (AvgIpc) is 2.99. The van der Waals surface area contributed by atoms with Gasteiger partial charge in [-0.15, -0.1) is 0 Å². The second-order valence-electron chi connectivity index (χ2n) is 5.50. The number of ether oxygens (including phenoxy) is 1. The minimum Gasteiger partial charge on any atom is -0.497 e. The molecule has 2 aromatic rings. The number of methoxy groups -OCH3 is 1. The van der Waals surface area contributed by atoms with Gasteiger partial charge in [0.05, 0.1) is 7.11 Å². The number of hydrogen-bond donors (Lipinski definition) is 1. The van der Waals surface area contributed by atoms with E-state index in [1.54, 1.807) is 7.11 Å². The van der Waals surface area contributed by atoms with Crippen LogP contribution in [-0.2, 0) is 0 Å². The lowest BCUT2D eigenvalue weighted by Gasteiger charge is -2.20. The maximum Gasteiger partial charge on any atom is 0.119 e. The van der Waals surface area contributed by atoms with Crippen molar-refractivity contribution in [2.75, 3.05) is 7.11 Å². The third-order valence-electron chi connectivity index (χ3n) is 4.07. The third-order valence-corrected chi connectivity index (χ3v) is 4.07. The van der Waals surface area contributed by atoms with Crippen LogP contribution in [0, 0.1) is 0 Å². The van der Waals surface area contributed by atoms with Gasteiger partial charge in [0.2, 0.25) is 0 Å². The lowest BCUT2D eigenvalue weighted by atomic mass is 10.0. The predicted molar refractivity (Wildman–Crippen MR) is 84.2 cm³/mol. The van der Waals surface area contributed by atoms with Crippen LogP contribution < -0.4 is 10.1 Å². The molecule has 0 saturated carbocycles. The molecule has 1 aliphatic rings. The fourth-order valence-electron chi connectivity index (χ4n) is 2.84. The molecule has 0 spiro atoms. The van der Waals surface area contributed by atoms with Crippen molar-refractivity contribution in [2.24, 2.45) is 0 Å². The zero-order valence-corrected chi connectivity index (χ0v) is 12.1. The first-order chi connectivity index (χ1) is 9.76. The highest BCUT2D eigenvalue weighted by atomic mass is 16.5. The van der Waals surface area contributed by atoms with Crippen LogP contribution in [-0.4, -0.2) is 13.2 Å². The Hall–Kier alpha value is -1.80. The van der Waals surface area contributed by atoms with Crippen molar-refractivity contribution in [3.05, 3.63) is 54.1 Å². The summed E-state index contributed by atoms with van der Waals surface area (Å²) in [6.07, 6.45) is 6.82. The highest BCUT2D eigenvalue weighted by Gasteiger charge is 2.14. The molecule has 1 N–H and O–H groups in total. The maximum atomic E-state index is 5.27. The molecular formula is C18H21NO. The van der Waals surface area contributed by atoms with Crippen LogP contribution in [0.5, 0.6) is 5.75 Å². The second kappa shape index (κ2) is 5.68. The van der Waals surface area contributed by atoms with Crippen molar-refractivity contribution in [1.82, 2.24) is 5.32 Å². The summed E-state index contributed by atoms with van der Waals surface area (Å²) in [6, 6.07) is 13.9. The summed E-state index contributed by atoms with van der Waals surface area (Å²) in [5.41, 5.74) is 1.34. The summed E-state index contributed by atoms with van der Waals surface area (Å²) < 4.78 is 5.27. The fourth-order valence-corrected chi connectivity index (χ4v) is 2.84. The number of fused-ring (bicyclic) bond motifs is 1. The Balaban J connectivity index is 1.81. The Kier molecular flexibility index (Phi) is 3.75. The quantitative estimate of drug-likeness (QED) is 0.838. The monoisotopic (exact) mass is 267 g/mol. The zero-order chi connectivity index (χ0) is 13.9. The van der Waals surface area contributed by atoms with E-state index >= 15 is 0 Å². The van der Waals surface area contributed by atoms with Crippen molar-refractivity contribution >= 4 is 10.8 Å². The molecule has 0 fully saturated rings. The van der Waals surface area contributed by atoms with Crippen molar-refractivity contribution in [3.8, 4) is 5.75 Å². The van der Waals surface area contributed by atoms with Gasteiger partial charge in [-0.25, -0.2) is 0 Å². The van der Waals surface area contributed by atoms with Crippen LogP contribution in [0.1, 0.15) is 31.4 Å². The number of nitrogens with one attached hydrogen (secondary N) is 1. The van der Waals surface area contributed by atoms with Gasteiger partial charge in [0.1, 0.15) is 5.75 Å². The van der Waals surface area contributed by atoms with Crippen LogP contribution in [0.15, 0.2) is 48.6 Å². The van der Waals surface area contributed by atoms with Crippen LogP contribution >= 0.6 is 0 Å². The molecule has 0 heterocycles. The molecule has 2 heteroatoms. The fraction of sp³-hybridized carbons (Fsp3) is 0.333. The summed E-state index contributed by atoms with van der Waals surface area (Å²) in [4.78, 5) is 0. The molecule has 0 bridgehead atoms. The van der Waals surface area contributed by atoms with E-state index in [-0.39, 0.29) is 0 Å². The highest BCUT2D eigenvalue weighted by molar-refractivity contribution is 5.84. The molecule has 104 valence electrons. The van der Waals surface area contributed by atoms with Gasteiger partial charge in [0, 0.05) is 12.1 Å². The third kappa shape index (κ3) is 2.70. The van der Waals surface area contributed by atoms with Gasteiger partial charge in [-0.05, 0) is 54.3 Å². The first-order valence-corrected chi connectivity index (χ1v) is 7.25. The molecule has 0 saturated heterocycles. The van der Waals surface area contributed by atoms with E-state index in [4.69, 9.17) is 4.74 Å². The van der Waals surface area contributed by atoms with Crippen LogP contribution in [0.25, 0.3) is 10.8 Å². The van der Waals surface area contributed by atoms with E-state index in [9.17, 15) is 0 Å². The molecular weight excluding hydrogens is 246 g/mol. The molecule has 0 aromatic heterocycles. The number of benzene rings is 2. The maximum absolute atomic E-state index is 5.27. The molecule has 2 aromatic carbocycles. The smallest absolute Gasteiger partial charge is 0.119 e. The first-order valence-electron chi connectivity index (χ1n) is 7.25. The first kappa shape index (κ1) is 13.2. The van der Waals surface area contributed by atoms with E-state index in [1.807, 2.05) is 6.07 Å². The Bertz CT molecular complexity index is 624. The molecule has 1 atom stereocenters. The lowest BCUT2D eigenvalue weighted by molar-refractivity contribution is 0.415.